The monoisotopic (exact) mass is 530 g/mol. The molecule has 2 heterocycles. The minimum absolute atomic E-state index is 0.0321. The average molecular weight is 531 g/mol. The van der Waals surface area contributed by atoms with Crippen LogP contribution in [0.4, 0.5) is 0 Å². The third-order valence-corrected chi connectivity index (χ3v) is 10.6. The number of hydrogen-bond donors (Lipinski definition) is 2. The lowest BCUT2D eigenvalue weighted by molar-refractivity contribution is -0.113. The summed E-state index contributed by atoms with van der Waals surface area (Å²) in [5.41, 5.74) is 3.32. The number of carbonyl (C=O) groups is 1. The Labute approximate surface area is 227 Å². The van der Waals surface area contributed by atoms with Gasteiger partial charge in [0, 0.05) is 24.2 Å². The minimum atomic E-state index is -0.223. The van der Waals surface area contributed by atoms with Crippen LogP contribution in [0.1, 0.15) is 62.5 Å². The maximum Gasteiger partial charge on any atom is 0.286 e. The molecule has 8 rings (SSSR count). The van der Waals surface area contributed by atoms with Crippen LogP contribution in [-0.2, 0) is 10.2 Å². The molecule has 38 heavy (non-hydrogen) atoms. The first-order valence-corrected chi connectivity index (χ1v) is 14.7. The lowest BCUT2D eigenvalue weighted by Crippen LogP contribution is -2.48. The summed E-state index contributed by atoms with van der Waals surface area (Å²) in [6.45, 7) is 1.88. The van der Waals surface area contributed by atoms with E-state index in [0.29, 0.717) is 22.0 Å². The molecule has 1 saturated heterocycles. The molecule has 198 valence electrons. The summed E-state index contributed by atoms with van der Waals surface area (Å²) >= 11 is 1.42. The van der Waals surface area contributed by atoms with Gasteiger partial charge in [0.1, 0.15) is 5.75 Å². The van der Waals surface area contributed by atoms with Gasteiger partial charge in [-0.05, 0) is 128 Å². The summed E-state index contributed by atoms with van der Waals surface area (Å²) in [5.74, 6) is 2.86. The smallest absolute Gasteiger partial charge is 0.286 e. The number of benzene rings is 2. The summed E-state index contributed by atoms with van der Waals surface area (Å²) in [5, 5.41) is 23.0. The van der Waals surface area contributed by atoms with Crippen molar-refractivity contribution in [2.45, 2.75) is 56.8 Å². The molecular weight excluding hydrogens is 496 g/mol. The number of thioether (sulfide) groups is 1. The largest absolute Gasteiger partial charge is 0.508 e. The molecule has 7 heteroatoms. The van der Waals surface area contributed by atoms with Crippen LogP contribution in [0, 0.1) is 17.8 Å². The lowest BCUT2D eigenvalue weighted by Gasteiger charge is -2.57. The molecule has 0 atom stereocenters. The van der Waals surface area contributed by atoms with Gasteiger partial charge in [-0.15, -0.1) is 0 Å². The number of phenolic OH excluding ortho intramolecular Hbond substituents is 2. The van der Waals surface area contributed by atoms with Crippen molar-refractivity contribution in [3.05, 3.63) is 46.4 Å². The number of phenols is 2. The molecular formula is C31H34N2O4S. The Balaban J connectivity index is 1.25. The second-order valence-electron chi connectivity index (χ2n) is 12.1. The number of likely N-dealkylation sites (tertiary alicyclic amines) is 1. The summed E-state index contributed by atoms with van der Waals surface area (Å²) in [7, 11) is 1.54. The fourth-order valence-corrected chi connectivity index (χ4v) is 9.21. The highest BCUT2D eigenvalue weighted by Gasteiger charge is 2.52. The van der Waals surface area contributed by atoms with Gasteiger partial charge in [0.05, 0.1) is 12.0 Å². The predicted molar refractivity (Wildman–Crippen MR) is 150 cm³/mol. The molecule has 4 bridgehead atoms. The third-order valence-electron chi connectivity index (χ3n) is 9.52. The molecule has 4 saturated carbocycles. The van der Waals surface area contributed by atoms with Crippen LogP contribution in [0.2, 0.25) is 0 Å². The van der Waals surface area contributed by atoms with Gasteiger partial charge in [-0.3, -0.25) is 4.79 Å². The van der Waals surface area contributed by atoms with E-state index in [-0.39, 0.29) is 17.1 Å². The van der Waals surface area contributed by atoms with Crippen molar-refractivity contribution in [1.82, 2.24) is 4.90 Å². The van der Waals surface area contributed by atoms with Crippen LogP contribution in [0.15, 0.2) is 40.2 Å². The molecule has 6 aliphatic rings. The van der Waals surface area contributed by atoms with E-state index in [1.165, 1.54) is 38.1 Å². The second-order valence-corrected chi connectivity index (χ2v) is 13.1. The van der Waals surface area contributed by atoms with Crippen LogP contribution >= 0.6 is 11.8 Å². The van der Waals surface area contributed by atoms with Crippen molar-refractivity contribution in [3.8, 4) is 28.4 Å². The zero-order valence-electron chi connectivity index (χ0n) is 21.8. The van der Waals surface area contributed by atoms with E-state index in [2.05, 4.69) is 16.0 Å². The Morgan fingerprint density at radius 1 is 1.03 bits per heavy atom. The quantitative estimate of drug-likeness (QED) is 0.451. The van der Waals surface area contributed by atoms with Crippen molar-refractivity contribution >= 4 is 28.9 Å². The number of amides is 1. The zero-order valence-corrected chi connectivity index (χ0v) is 22.6. The zero-order chi connectivity index (χ0) is 26.0. The second kappa shape index (κ2) is 9.08. The van der Waals surface area contributed by atoms with Gasteiger partial charge in [0.15, 0.2) is 16.7 Å². The number of ether oxygens (including phenoxy) is 1. The number of nitrogens with zero attached hydrogens (tertiary/aromatic N) is 2. The molecule has 0 radical (unpaired) electrons. The summed E-state index contributed by atoms with van der Waals surface area (Å²) < 4.78 is 5.54. The highest BCUT2D eigenvalue weighted by molar-refractivity contribution is 8.18. The van der Waals surface area contributed by atoms with E-state index in [9.17, 15) is 15.0 Å². The fourth-order valence-electron chi connectivity index (χ4n) is 8.25. The van der Waals surface area contributed by atoms with E-state index >= 15 is 0 Å². The minimum Gasteiger partial charge on any atom is -0.508 e. The fraction of sp³-hybridized carbons (Fsp3) is 0.484. The van der Waals surface area contributed by atoms with Gasteiger partial charge < -0.3 is 19.8 Å². The highest BCUT2D eigenvalue weighted by atomic mass is 32.2. The van der Waals surface area contributed by atoms with Crippen LogP contribution in [0.3, 0.4) is 0 Å². The molecule has 2 aliphatic heterocycles. The SMILES string of the molecule is COc1cc(C=C2SC(N3CCCC3)=NC2=O)cc(-c2ccc(O)c(C34CC5CC(CC(C5)C3)C4)c2)c1O. The van der Waals surface area contributed by atoms with Crippen LogP contribution in [0.5, 0.6) is 17.2 Å². The Morgan fingerprint density at radius 3 is 2.37 bits per heavy atom. The number of rotatable bonds is 4. The Morgan fingerprint density at radius 2 is 1.71 bits per heavy atom. The van der Waals surface area contributed by atoms with E-state index in [4.69, 9.17) is 4.74 Å². The molecule has 0 aromatic heterocycles. The Bertz CT molecular complexity index is 1340. The predicted octanol–water partition coefficient (Wildman–Crippen LogP) is 6.31. The first-order chi connectivity index (χ1) is 18.4. The number of aromatic hydroxyl groups is 2. The molecule has 0 unspecified atom stereocenters. The number of methoxy groups -OCH3 is 1. The van der Waals surface area contributed by atoms with Gasteiger partial charge >= 0.3 is 0 Å². The Kier molecular flexibility index (Phi) is 5.76. The van der Waals surface area contributed by atoms with Crippen LogP contribution in [0.25, 0.3) is 17.2 Å². The number of amidine groups is 1. The van der Waals surface area contributed by atoms with Crippen molar-refractivity contribution in [1.29, 1.82) is 0 Å². The first kappa shape index (κ1) is 24.1. The van der Waals surface area contributed by atoms with E-state index in [0.717, 1.165) is 84.8 Å². The maximum atomic E-state index is 12.7. The van der Waals surface area contributed by atoms with Crippen molar-refractivity contribution < 1.29 is 19.7 Å². The standard InChI is InChI=1S/C31H34N2O4S/c1-37-26-12-18(13-27-29(36)32-30(38-27)33-6-2-3-7-33)11-23(28(26)35)22-4-5-25(34)24(14-22)31-15-19-8-20(16-31)10-21(9-19)17-31/h4-5,11-14,19-21,34-35H,2-3,6-10,15-17H2,1H3. The molecule has 2 N–H and O–H groups in total. The molecule has 6 nitrogen and oxygen atoms in total. The summed E-state index contributed by atoms with van der Waals surface area (Å²) in [6, 6.07) is 9.41. The molecule has 2 aromatic rings. The first-order valence-electron chi connectivity index (χ1n) is 13.9. The maximum absolute atomic E-state index is 12.7. The van der Waals surface area contributed by atoms with E-state index < -0.39 is 0 Å². The van der Waals surface area contributed by atoms with Gasteiger partial charge in [-0.1, -0.05) is 6.07 Å². The van der Waals surface area contributed by atoms with Crippen LogP contribution < -0.4 is 4.74 Å². The molecule has 1 amide bonds. The van der Waals surface area contributed by atoms with E-state index in [1.54, 1.807) is 12.1 Å². The van der Waals surface area contributed by atoms with E-state index in [1.807, 2.05) is 18.2 Å². The number of hydrogen-bond acceptors (Lipinski definition) is 6. The lowest BCUT2D eigenvalue weighted by atomic mass is 9.48. The van der Waals surface area contributed by atoms with Crippen LogP contribution in [-0.4, -0.2) is 46.4 Å². The van der Waals surface area contributed by atoms with Gasteiger partial charge in [0.2, 0.25) is 0 Å². The summed E-state index contributed by atoms with van der Waals surface area (Å²) in [4.78, 5) is 19.7. The molecule has 2 aromatic carbocycles. The molecule has 5 fully saturated rings. The van der Waals surface area contributed by atoms with Gasteiger partial charge in [-0.2, -0.15) is 4.99 Å². The van der Waals surface area contributed by atoms with Gasteiger partial charge in [0.25, 0.3) is 5.91 Å². The Hall–Kier alpha value is -2.93. The number of carbonyl (C=O) groups excluding carboxylic acids is 1. The molecule has 4 aliphatic carbocycles. The summed E-state index contributed by atoms with van der Waals surface area (Å²) in [6.07, 6.45) is 11.6. The average Bonchev–Trinajstić information content (AvgIpc) is 3.55. The van der Waals surface area contributed by atoms with Crippen molar-refractivity contribution in [3.63, 3.8) is 0 Å². The van der Waals surface area contributed by atoms with Crippen molar-refractivity contribution in [2.24, 2.45) is 22.7 Å². The highest BCUT2D eigenvalue weighted by Crippen LogP contribution is 2.62. The van der Waals surface area contributed by atoms with Crippen molar-refractivity contribution in [2.75, 3.05) is 20.2 Å². The van der Waals surface area contributed by atoms with Gasteiger partial charge in [-0.25, -0.2) is 0 Å². The third kappa shape index (κ3) is 4.01. The number of aliphatic imine (C=N–C) groups is 1. The molecule has 0 spiro atoms. The topological polar surface area (TPSA) is 82.4 Å². The normalized spacial score (nSPS) is 30.9.